The lowest BCUT2D eigenvalue weighted by Crippen LogP contribution is -1.86. The molecule has 2 aromatic rings. The van der Waals surface area contributed by atoms with Crippen molar-refractivity contribution in [1.82, 2.24) is 5.16 Å². The van der Waals surface area contributed by atoms with Crippen LogP contribution in [0, 0.1) is 6.92 Å². The van der Waals surface area contributed by atoms with E-state index in [1.807, 2.05) is 12.1 Å². The summed E-state index contributed by atoms with van der Waals surface area (Å²) in [4.78, 5) is 10.9. The maximum atomic E-state index is 10.9. The Balaban J connectivity index is 2.64. The van der Waals surface area contributed by atoms with Gasteiger partial charge in [0.25, 0.3) is 0 Å². The van der Waals surface area contributed by atoms with Crippen LogP contribution in [0.2, 0.25) is 5.02 Å². The van der Waals surface area contributed by atoms with E-state index in [4.69, 9.17) is 16.1 Å². The molecule has 0 aliphatic heterocycles. The highest BCUT2D eigenvalue weighted by Crippen LogP contribution is 2.29. The summed E-state index contributed by atoms with van der Waals surface area (Å²) in [6, 6.07) is 7.20. The number of aldehydes is 1. The van der Waals surface area contributed by atoms with Gasteiger partial charge in [-0.2, -0.15) is 0 Å². The number of rotatable bonds is 2. The molecule has 15 heavy (non-hydrogen) atoms. The molecule has 4 heteroatoms. The molecule has 0 atom stereocenters. The first-order valence-electron chi connectivity index (χ1n) is 4.40. The molecule has 76 valence electrons. The summed E-state index contributed by atoms with van der Waals surface area (Å²) in [5.41, 5.74) is 1.65. The Morgan fingerprint density at radius 2 is 2.13 bits per heavy atom. The molecule has 1 aromatic heterocycles. The van der Waals surface area contributed by atoms with Crippen molar-refractivity contribution in [3.63, 3.8) is 0 Å². The Morgan fingerprint density at radius 3 is 2.80 bits per heavy atom. The van der Waals surface area contributed by atoms with Crippen LogP contribution in [0.4, 0.5) is 0 Å². The van der Waals surface area contributed by atoms with Crippen molar-refractivity contribution in [2.45, 2.75) is 6.92 Å². The number of nitrogens with zero attached hydrogens (tertiary/aromatic N) is 1. The van der Waals surface area contributed by atoms with Gasteiger partial charge in [0.05, 0.1) is 10.6 Å². The second-order valence-electron chi connectivity index (χ2n) is 3.10. The van der Waals surface area contributed by atoms with Crippen LogP contribution in [-0.2, 0) is 0 Å². The second kappa shape index (κ2) is 3.87. The summed E-state index contributed by atoms with van der Waals surface area (Å²) < 4.78 is 4.96. The minimum absolute atomic E-state index is 0.447. The third kappa shape index (κ3) is 1.66. The minimum atomic E-state index is 0.447. The minimum Gasteiger partial charge on any atom is -0.360 e. The molecule has 0 fully saturated rings. The maximum Gasteiger partial charge on any atom is 0.155 e. The standard InChI is InChI=1S/C11H8ClNO2/c1-7-9(6-14)11(13-15-7)8-4-2-3-5-10(8)12/h2-6H,1H3. The lowest BCUT2D eigenvalue weighted by Gasteiger charge is -1.99. The van der Waals surface area contributed by atoms with E-state index >= 15 is 0 Å². The van der Waals surface area contributed by atoms with Gasteiger partial charge in [-0.25, -0.2) is 0 Å². The molecule has 0 saturated heterocycles. The van der Waals surface area contributed by atoms with Crippen molar-refractivity contribution in [3.05, 3.63) is 40.6 Å². The number of hydrogen-bond donors (Lipinski definition) is 0. The first-order valence-corrected chi connectivity index (χ1v) is 4.78. The van der Waals surface area contributed by atoms with E-state index in [2.05, 4.69) is 5.16 Å². The van der Waals surface area contributed by atoms with Gasteiger partial charge in [0.15, 0.2) is 6.29 Å². The molecular formula is C11H8ClNO2. The fraction of sp³-hybridized carbons (Fsp3) is 0.0909. The zero-order valence-electron chi connectivity index (χ0n) is 8.03. The molecule has 0 spiro atoms. The Labute approximate surface area is 91.6 Å². The summed E-state index contributed by atoms with van der Waals surface area (Å²) in [7, 11) is 0. The summed E-state index contributed by atoms with van der Waals surface area (Å²) in [6.45, 7) is 1.69. The third-order valence-electron chi connectivity index (χ3n) is 2.16. The Bertz CT molecular complexity index is 505. The SMILES string of the molecule is Cc1onc(-c2ccccc2Cl)c1C=O. The lowest BCUT2D eigenvalue weighted by molar-refractivity contribution is 0.112. The van der Waals surface area contributed by atoms with Crippen LogP contribution in [0.15, 0.2) is 28.8 Å². The molecule has 3 nitrogen and oxygen atoms in total. The predicted octanol–water partition coefficient (Wildman–Crippen LogP) is 3.12. The smallest absolute Gasteiger partial charge is 0.155 e. The van der Waals surface area contributed by atoms with Crippen LogP contribution in [-0.4, -0.2) is 11.4 Å². The van der Waals surface area contributed by atoms with Gasteiger partial charge in [-0.3, -0.25) is 4.79 Å². The van der Waals surface area contributed by atoms with E-state index in [0.29, 0.717) is 27.6 Å². The van der Waals surface area contributed by atoms with Gasteiger partial charge in [-0.15, -0.1) is 0 Å². The Morgan fingerprint density at radius 1 is 1.40 bits per heavy atom. The highest BCUT2D eigenvalue weighted by molar-refractivity contribution is 6.33. The molecule has 0 unspecified atom stereocenters. The molecule has 0 amide bonds. The van der Waals surface area contributed by atoms with Crippen molar-refractivity contribution in [1.29, 1.82) is 0 Å². The van der Waals surface area contributed by atoms with Gasteiger partial charge in [-0.05, 0) is 13.0 Å². The van der Waals surface area contributed by atoms with Crippen LogP contribution in [0.25, 0.3) is 11.3 Å². The van der Waals surface area contributed by atoms with E-state index < -0.39 is 0 Å². The number of aryl methyl sites for hydroxylation is 1. The summed E-state index contributed by atoms with van der Waals surface area (Å²) >= 11 is 6.00. The summed E-state index contributed by atoms with van der Waals surface area (Å²) in [6.07, 6.45) is 0.727. The van der Waals surface area contributed by atoms with Crippen LogP contribution >= 0.6 is 11.6 Å². The topological polar surface area (TPSA) is 43.1 Å². The largest absolute Gasteiger partial charge is 0.360 e. The summed E-state index contributed by atoms with van der Waals surface area (Å²) in [5.74, 6) is 0.500. The highest BCUT2D eigenvalue weighted by Gasteiger charge is 2.15. The van der Waals surface area contributed by atoms with E-state index in [1.165, 1.54) is 0 Å². The van der Waals surface area contributed by atoms with Crippen molar-refractivity contribution in [2.75, 3.05) is 0 Å². The molecular weight excluding hydrogens is 214 g/mol. The average molecular weight is 222 g/mol. The van der Waals surface area contributed by atoms with E-state index in [9.17, 15) is 4.79 Å². The summed E-state index contributed by atoms with van der Waals surface area (Å²) in [5, 5.41) is 4.38. The van der Waals surface area contributed by atoms with E-state index in [0.717, 1.165) is 6.29 Å². The molecule has 0 aliphatic carbocycles. The number of carbonyl (C=O) groups is 1. The number of hydrogen-bond acceptors (Lipinski definition) is 3. The van der Waals surface area contributed by atoms with Gasteiger partial charge in [0, 0.05) is 5.56 Å². The maximum absolute atomic E-state index is 10.9. The zero-order chi connectivity index (χ0) is 10.8. The first-order chi connectivity index (χ1) is 7.24. The monoisotopic (exact) mass is 221 g/mol. The quantitative estimate of drug-likeness (QED) is 0.732. The van der Waals surface area contributed by atoms with Crippen molar-refractivity contribution in [3.8, 4) is 11.3 Å². The van der Waals surface area contributed by atoms with Crippen LogP contribution in [0.1, 0.15) is 16.1 Å². The highest BCUT2D eigenvalue weighted by atomic mass is 35.5. The normalized spacial score (nSPS) is 10.3. The molecule has 0 saturated carbocycles. The van der Waals surface area contributed by atoms with Crippen LogP contribution in [0.5, 0.6) is 0 Å². The number of halogens is 1. The lowest BCUT2D eigenvalue weighted by atomic mass is 10.1. The van der Waals surface area contributed by atoms with Crippen LogP contribution in [0.3, 0.4) is 0 Å². The molecule has 0 aliphatic rings. The van der Waals surface area contributed by atoms with E-state index in [-0.39, 0.29) is 0 Å². The fourth-order valence-electron chi connectivity index (χ4n) is 1.37. The van der Waals surface area contributed by atoms with Gasteiger partial charge < -0.3 is 4.52 Å². The first kappa shape index (κ1) is 9.93. The number of benzene rings is 1. The molecule has 1 aromatic carbocycles. The molecule has 0 radical (unpaired) electrons. The van der Waals surface area contributed by atoms with Gasteiger partial charge in [0.1, 0.15) is 11.5 Å². The second-order valence-corrected chi connectivity index (χ2v) is 3.51. The fourth-order valence-corrected chi connectivity index (χ4v) is 1.59. The van der Waals surface area contributed by atoms with Crippen molar-refractivity contribution >= 4 is 17.9 Å². The number of carbonyl (C=O) groups excluding carboxylic acids is 1. The van der Waals surface area contributed by atoms with Gasteiger partial charge >= 0.3 is 0 Å². The number of aromatic nitrogens is 1. The molecule has 2 rings (SSSR count). The molecule has 1 heterocycles. The van der Waals surface area contributed by atoms with Crippen molar-refractivity contribution < 1.29 is 9.32 Å². The van der Waals surface area contributed by atoms with Crippen molar-refractivity contribution in [2.24, 2.45) is 0 Å². The molecule has 0 N–H and O–H groups in total. The zero-order valence-corrected chi connectivity index (χ0v) is 8.78. The van der Waals surface area contributed by atoms with E-state index in [1.54, 1.807) is 19.1 Å². The van der Waals surface area contributed by atoms with Crippen LogP contribution < -0.4 is 0 Å². The van der Waals surface area contributed by atoms with Gasteiger partial charge in [0.2, 0.25) is 0 Å². The third-order valence-corrected chi connectivity index (χ3v) is 2.48. The average Bonchev–Trinajstić information content (AvgIpc) is 2.60. The molecule has 0 bridgehead atoms. The predicted molar refractivity (Wildman–Crippen MR) is 57.1 cm³/mol. The van der Waals surface area contributed by atoms with Gasteiger partial charge in [-0.1, -0.05) is 35.0 Å². The Hall–Kier alpha value is -1.61. The Kier molecular flexibility index (Phi) is 2.56.